The number of amides is 4. The topological polar surface area (TPSA) is 308 Å². The minimum absolute atomic E-state index is 0.00194. The fraction of sp³-hybridized carbons (Fsp3) is 0.786. The second kappa shape index (κ2) is 31.0. The first kappa shape index (κ1) is 68.1. The van der Waals surface area contributed by atoms with Crippen molar-refractivity contribution >= 4 is 71.0 Å². The predicted octanol–water partition coefficient (Wildman–Crippen LogP) is 4.28. The Morgan fingerprint density at radius 2 is 0.859 bits per heavy atom. The summed E-state index contributed by atoms with van der Waals surface area (Å²) in [6, 6.07) is -4.05. The highest BCUT2D eigenvalue weighted by atomic mass is 16.6. The van der Waals surface area contributed by atoms with Crippen LogP contribution in [0.1, 0.15) is 157 Å². The Labute approximate surface area is 460 Å². The number of cyclic esters (lactones) is 5. The minimum atomic E-state index is -1.52. The lowest BCUT2D eigenvalue weighted by Crippen LogP contribution is -2.54. The van der Waals surface area contributed by atoms with Crippen molar-refractivity contribution in [2.24, 2.45) is 65.1 Å². The monoisotopic (exact) mass is 1110 g/mol. The van der Waals surface area contributed by atoms with Crippen LogP contribution in [0.2, 0.25) is 0 Å². The van der Waals surface area contributed by atoms with E-state index in [1.165, 1.54) is 20.8 Å². The van der Waals surface area contributed by atoms with E-state index in [0.29, 0.717) is 0 Å². The number of Topliss-reactive ketones (excluding diaryl/α,β-unsaturated/α-hetero) is 2. The summed E-state index contributed by atoms with van der Waals surface area (Å²) in [6.45, 7) is 28.3. The van der Waals surface area contributed by atoms with Gasteiger partial charge in [0.15, 0.2) is 48.2 Å². The van der Waals surface area contributed by atoms with Gasteiger partial charge in [0.25, 0.3) is 23.6 Å². The average molecular weight is 1110 g/mol. The van der Waals surface area contributed by atoms with Crippen LogP contribution in [0.4, 0.5) is 0 Å². The zero-order valence-electron chi connectivity index (χ0n) is 49.1. The summed E-state index contributed by atoms with van der Waals surface area (Å²) in [7, 11) is 0. The largest absolute Gasteiger partial charge is 0.453 e. The van der Waals surface area contributed by atoms with E-state index in [-0.39, 0.29) is 43.4 Å². The van der Waals surface area contributed by atoms with Gasteiger partial charge in [-0.2, -0.15) is 0 Å². The van der Waals surface area contributed by atoms with Crippen LogP contribution in [0, 0.1) is 65.1 Å². The van der Waals surface area contributed by atoms with Crippen LogP contribution in [0.3, 0.4) is 0 Å². The van der Waals surface area contributed by atoms with E-state index in [9.17, 15) is 57.5 Å². The van der Waals surface area contributed by atoms with E-state index in [4.69, 9.17) is 28.4 Å². The van der Waals surface area contributed by atoms with Crippen LogP contribution in [-0.2, 0) is 86.0 Å². The number of carbonyl (C=O) groups excluding carboxylic acids is 12. The van der Waals surface area contributed by atoms with Gasteiger partial charge in [-0.1, -0.05) is 104 Å². The van der Waals surface area contributed by atoms with Crippen molar-refractivity contribution < 1.29 is 86.0 Å². The predicted molar refractivity (Wildman–Crippen MR) is 282 cm³/mol. The Balaban J connectivity index is 2.63. The third-order valence-electron chi connectivity index (χ3n) is 13.8. The Kier molecular flexibility index (Phi) is 27.1. The maximum Gasteiger partial charge on any atom is 0.329 e. The molecule has 22 nitrogen and oxygen atoms in total. The third kappa shape index (κ3) is 20.7. The van der Waals surface area contributed by atoms with Gasteiger partial charge in [0.05, 0.1) is 11.8 Å². The van der Waals surface area contributed by atoms with Crippen molar-refractivity contribution in [3.63, 3.8) is 0 Å². The van der Waals surface area contributed by atoms with E-state index in [1.807, 2.05) is 6.92 Å². The number of hydrogen-bond donors (Lipinski definition) is 4. The molecular weight excluding hydrogens is 1020 g/mol. The van der Waals surface area contributed by atoms with Gasteiger partial charge in [0.2, 0.25) is 0 Å². The maximum atomic E-state index is 14.2. The van der Waals surface area contributed by atoms with Crippen molar-refractivity contribution in [1.82, 2.24) is 21.3 Å². The minimum Gasteiger partial charge on any atom is -0.453 e. The molecule has 2 bridgehead atoms. The molecule has 0 spiro atoms. The number of rotatable bonds is 9. The van der Waals surface area contributed by atoms with Gasteiger partial charge in [0, 0.05) is 12.3 Å². The molecule has 2 fully saturated rings. The highest BCUT2D eigenvalue weighted by Crippen LogP contribution is 2.37. The highest BCUT2D eigenvalue weighted by molar-refractivity contribution is 5.96. The fourth-order valence-corrected chi connectivity index (χ4v) is 9.07. The molecule has 0 aromatic carbocycles. The standard InChI is InChI=1S/C56H90N4O18/c1-25(2)19-40-50(66)59-44(29(9)10)54(70)73-33(16)38(61)23-36(27(5)6)52(68)78-41(20-26(3)4)51(67)60-45(30(11)12)55(71)75-35(18)49(65)58-46(31(13)14)56(72)77-39-22-32(15)21-37(47(39)63)43(28(7)8)53(69)74-34(17)48(64)57-24-42(62)76-40/h25-37,39-41,43-46H,19-24H2,1-18H3,(H,57,64)(H,58,65)(H,59,66)(H,60,67)/t32?,33-,34-,35-,36-,37?,39?,40+,41+,43-,44+,45+,46-/m0/s1. The molecular formula is C56H90N4O18. The molecule has 442 valence electrons. The van der Waals surface area contributed by atoms with E-state index in [0.717, 1.165) is 0 Å². The van der Waals surface area contributed by atoms with Crippen LogP contribution in [0.25, 0.3) is 0 Å². The molecule has 3 unspecified atom stereocenters. The summed E-state index contributed by atoms with van der Waals surface area (Å²) >= 11 is 0. The first-order valence-electron chi connectivity index (χ1n) is 27.5. The second-order valence-corrected chi connectivity index (χ2v) is 23.6. The summed E-state index contributed by atoms with van der Waals surface area (Å²) in [4.78, 5) is 165. The van der Waals surface area contributed by atoms with Crippen molar-refractivity contribution in [2.75, 3.05) is 6.54 Å². The number of carbonyl (C=O) groups is 12. The lowest BCUT2D eigenvalue weighted by molar-refractivity contribution is -0.171. The first-order chi connectivity index (χ1) is 36.1. The molecule has 1 aliphatic carbocycles. The van der Waals surface area contributed by atoms with Gasteiger partial charge in [-0.3, -0.25) is 43.2 Å². The Morgan fingerprint density at radius 1 is 0.436 bits per heavy atom. The fourth-order valence-electron chi connectivity index (χ4n) is 9.07. The number of nitrogens with one attached hydrogen (secondary N) is 4. The summed E-state index contributed by atoms with van der Waals surface area (Å²) in [6.07, 6.45) is -8.83. The van der Waals surface area contributed by atoms with Crippen LogP contribution in [0.15, 0.2) is 0 Å². The molecule has 1 saturated heterocycles. The molecule has 78 heavy (non-hydrogen) atoms. The number of fused-ring (bicyclic) bond motifs is 2. The molecule has 0 aromatic rings. The van der Waals surface area contributed by atoms with Crippen molar-refractivity contribution in [2.45, 2.75) is 211 Å². The number of hydrogen-bond acceptors (Lipinski definition) is 18. The van der Waals surface area contributed by atoms with E-state index in [2.05, 4.69) is 21.3 Å². The molecule has 13 atom stereocenters. The molecule has 4 amide bonds. The molecule has 22 heteroatoms. The molecule has 1 aliphatic heterocycles. The Bertz CT molecular complexity index is 2150. The van der Waals surface area contributed by atoms with Crippen molar-refractivity contribution in [3.8, 4) is 0 Å². The molecule has 0 radical (unpaired) electrons. The van der Waals surface area contributed by atoms with Crippen LogP contribution < -0.4 is 21.3 Å². The maximum absolute atomic E-state index is 14.2. The van der Waals surface area contributed by atoms with Gasteiger partial charge in [-0.15, -0.1) is 0 Å². The third-order valence-corrected chi connectivity index (χ3v) is 13.8. The molecule has 1 heterocycles. The number of ketones is 2. The molecule has 2 rings (SSSR count). The zero-order valence-corrected chi connectivity index (χ0v) is 49.1. The molecule has 4 N–H and O–H groups in total. The molecule has 1 saturated carbocycles. The van der Waals surface area contributed by atoms with Crippen LogP contribution in [0.5, 0.6) is 0 Å². The number of esters is 6. The Hall–Kier alpha value is -5.96. The van der Waals surface area contributed by atoms with Crippen LogP contribution >= 0.6 is 0 Å². The van der Waals surface area contributed by atoms with Gasteiger partial charge in [-0.05, 0) is 93.8 Å². The van der Waals surface area contributed by atoms with Crippen molar-refractivity contribution in [1.29, 1.82) is 0 Å². The summed E-state index contributed by atoms with van der Waals surface area (Å²) in [5.41, 5.74) is 0. The quantitative estimate of drug-likeness (QED) is 0.185. The van der Waals surface area contributed by atoms with Crippen LogP contribution in [-0.4, -0.2) is 132 Å². The second-order valence-electron chi connectivity index (χ2n) is 23.6. The van der Waals surface area contributed by atoms with E-state index >= 15 is 0 Å². The zero-order chi connectivity index (χ0) is 59.8. The Morgan fingerprint density at radius 3 is 1.31 bits per heavy atom. The number of ether oxygens (including phenoxy) is 6. The first-order valence-corrected chi connectivity index (χ1v) is 27.5. The van der Waals surface area contributed by atoms with Gasteiger partial charge < -0.3 is 49.7 Å². The SMILES string of the molecule is CC(C)C[C@H]1OC(=O)CNC(=O)[C@H](C)OC(=O)[C@@H](C(C)C)C2CC(C)CC(OC(=O)[C@H](C(C)C)NC(=O)[C@H](C)OC(=O)[C@@H](C(C)C)NC(=O)[C@@H](CC(C)C)OC(=O)[C@H](C(C)C)CC(=O)[C@H](C)OC(=O)[C@@H](C(C)C)NC1=O)C2=O. The van der Waals surface area contributed by atoms with Gasteiger partial charge >= 0.3 is 35.8 Å². The highest BCUT2D eigenvalue weighted by Gasteiger charge is 2.47. The smallest absolute Gasteiger partial charge is 0.329 e. The summed E-state index contributed by atoms with van der Waals surface area (Å²) in [5.74, 6) is -17.4. The van der Waals surface area contributed by atoms with E-state index < -0.39 is 186 Å². The normalized spacial score (nSPS) is 30.6. The van der Waals surface area contributed by atoms with Gasteiger partial charge in [-0.25, -0.2) is 14.4 Å². The summed E-state index contributed by atoms with van der Waals surface area (Å²) in [5, 5.41) is 10.1. The summed E-state index contributed by atoms with van der Waals surface area (Å²) < 4.78 is 33.8. The lowest BCUT2D eigenvalue weighted by atomic mass is 9.70. The molecule has 0 aromatic heterocycles. The van der Waals surface area contributed by atoms with Gasteiger partial charge in [0.1, 0.15) is 24.7 Å². The van der Waals surface area contributed by atoms with E-state index in [1.54, 1.807) is 96.9 Å². The average Bonchev–Trinajstić information content (AvgIpc) is 3.31. The van der Waals surface area contributed by atoms with Crippen molar-refractivity contribution in [3.05, 3.63) is 0 Å². The lowest BCUT2D eigenvalue weighted by Gasteiger charge is -2.37. The molecule has 2 aliphatic rings.